The van der Waals surface area contributed by atoms with Crippen molar-refractivity contribution in [3.8, 4) is 0 Å². The summed E-state index contributed by atoms with van der Waals surface area (Å²) in [5.41, 5.74) is 0. The van der Waals surface area contributed by atoms with Gasteiger partial charge in [-0.3, -0.25) is 9.69 Å². The van der Waals surface area contributed by atoms with Crippen LogP contribution in [0.3, 0.4) is 0 Å². The largest absolute Gasteiger partial charge is 0.355 e. The molecule has 1 aromatic heterocycles. The number of amides is 1. The molecule has 19 heavy (non-hydrogen) atoms. The molecule has 1 aromatic rings. The van der Waals surface area contributed by atoms with Crippen LogP contribution in [0.15, 0.2) is 17.5 Å². The molecule has 4 nitrogen and oxygen atoms in total. The normalized spacial score (nSPS) is 24.3. The van der Waals surface area contributed by atoms with Crippen LogP contribution in [-0.4, -0.2) is 49.1 Å². The SMILES string of the molecule is CC1CN(CC(=O)NCCc2cccs2)C(C)CN1. The molecular formula is C14H23N3OS. The fraction of sp³-hybridized carbons (Fsp3) is 0.643. The van der Waals surface area contributed by atoms with Crippen LogP contribution in [0.5, 0.6) is 0 Å². The van der Waals surface area contributed by atoms with Gasteiger partial charge in [0, 0.05) is 36.6 Å². The molecule has 2 N–H and O–H groups in total. The number of rotatable bonds is 5. The quantitative estimate of drug-likeness (QED) is 0.849. The fourth-order valence-corrected chi connectivity index (χ4v) is 3.05. The summed E-state index contributed by atoms with van der Waals surface area (Å²) < 4.78 is 0. The van der Waals surface area contributed by atoms with Crippen molar-refractivity contribution in [1.29, 1.82) is 0 Å². The van der Waals surface area contributed by atoms with Crippen LogP contribution >= 0.6 is 11.3 Å². The highest BCUT2D eigenvalue weighted by molar-refractivity contribution is 7.09. The standard InChI is InChI=1S/C14H23N3OS/c1-11-9-17(12(2)8-16-11)10-14(18)15-6-5-13-4-3-7-19-13/h3-4,7,11-12,16H,5-6,8-10H2,1-2H3,(H,15,18). The topological polar surface area (TPSA) is 44.4 Å². The summed E-state index contributed by atoms with van der Waals surface area (Å²) in [6.45, 7) is 7.47. The third-order valence-corrected chi connectivity index (χ3v) is 4.45. The predicted octanol–water partition coefficient (Wildman–Crippen LogP) is 1.09. The highest BCUT2D eigenvalue weighted by Gasteiger charge is 2.23. The number of hydrogen-bond donors (Lipinski definition) is 2. The van der Waals surface area contributed by atoms with Crippen LogP contribution in [0.4, 0.5) is 0 Å². The Balaban J connectivity index is 1.68. The van der Waals surface area contributed by atoms with E-state index in [1.54, 1.807) is 11.3 Å². The van der Waals surface area contributed by atoms with Gasteiger partial charge in [0.1, 0.15) is 0 Å². The first-order valence-corrected chi connectivity index (χ1v) is 7.79. The summed E-state index contributed by atoms with van der Waals surface area (Å²) in [4.78, 5) is 15.5. The predicted molar refractivity (Wildman–Crippen MR) is 79.5 cm³/mol. The molecule has 1 fully saturated rings. The lowest BCUT2D eigenvalue weighted by Crippen LogP contribution is -2.56. The minimum absolute atomic E-state index is 0.137. The Morgan fingerprint density at radius 2 is 2.42 bits per heavy atom. The van der Waals surface area contributed by atoms with Gasteiger partial charge in [-0.15, -0.1) is 11.3 Å². The van der Waals surface area contributed by atoms with Crippen molar-refractivity contribution in [1.82, 2.24) is 15.5 Å². The van der Waals surface area contributed by atoms with Gasteiger partial charge in [-0.2, -0.15) is 0 Å². The molecule has 2 rings (SSSR count). The molecule has 2 unspecified atom stereocenters. The van der Waals surface area contributed by atoms with E-state index in [0.29, 0.717) is 18.6 Å². The smallest absolute Gasteiger partial charge is 0.234 e. The molecule has 0 spiro atoms. The van der Waals surface area contributed by atoms with E-state index in [1.165, 1.54) is 4.88 Å². The summed E-state index contributed by atoms with van der Waals surface area (Å²) in [6.07, 6.45) is 0.927. The maximum atomic E-state index is 11.9. The molecule has 0 saturated carbocycles. The third-order valence-electron chi connectivity index (χ3n) is 3.51. The van der Waals surface area contributed by atoms with Gasteiger partial charge in [0.05, 0.1) is 6.54 Å². The van der Waals surface area contributed by atoms with E-state index in [1.807, 2.05) is 6.07 Å². The van der Waals surface area contributed by atoms with Gasteiger partial charge in [0.25, 0.3) is 0 Å². The van der Waals surface area contributed by atoms with Crippen LogP contribution in [0, 0.1) is 0 Å². The number of piperazine rings is 1. The van der Waals surface area contributed by atoms with Gasteiger partial charge in [0.2, 0.25) is 5.91 Å². The maximum Gasteiger partial charge on any atom is 0.234 e. The molecule has 0 bridgehead atoms. The molecule has 1 saturated heterocycles. The first-order chi connectivity index (χ1) is 9.15. The lowest BCUT2D eigenvalue weighted by Gasteiger charge is -2.36. The van der Waals surface area contributed by atoms with Gasteiger partial charge in [-0.05, 0) is 31.7 Å². The average Bonchev–Trinajstić information content (AvgIpc) is 2.87. The molecule has 1 aliphatic heterocycles. The van der Waals surface area contributed by atoms with Crippen LogP contribution in [0.25, 0.3) is 0 Å². The zero-order valence-corrected chi connectivity index (χ0v) is 12.5. The lowest BCUT2D eigenvalue weighted by atomic mass is 10.1. The van der Waals surface area contributed by atoms with Crippen molar-refractivity contribution in [2.45, 2.75) is 32.4 Å². The van der Waals surface area contributed by atoms with Crippen LogP contribution in [0.2, 0.25) is 0 Å². The Kier molecular flexibility index (Phi) is 5.36. The van der Waals surface area contributed by atoms with Gasteiger partial charge < -0.3 is 10.6 Å². The molecular weight excluding hydrogens is 258 g/mol. The summed E-state index contributed by atoms with van der Waals surface area (Å²) >= 11 is 1.74. The Hall–Kier alpha value is -0.910. The second-order valence-corrected chi connectivity index (χ2v) is 6.30. The number of carbonyl (C=O) groups is 1. The second-order valence-electron chi connectivity index (χ2n) is 5.27. The zero-order valence-electron chi connectivity index (χ0n) is 11.7. The summed E-state index contributed by atoms with van der Waals surface area (Å²) in [5, 5.41) is 8.50. The Morgan fingerprint density at radius 3 is 3.16 bits per heavy atom. The summed E-state index contributed by atoms with van der Waals surface area (Å²) in [5.74, 6) is 0.137. The Labute approximate surface area is 119 Å². The van der Waals surface area contributed by atoms with Crippen molar-refractivity contribution >= 4 is 17.2 Å². The number of nitrogens with zero attached hydrogens (tertiary/aromatic N) is 1. The van der Waals surface area contributed by atoms with E-state index in [2.05, 4.69) is 40.8 Å². The Bertz CT molecular complexity index is 393. The maximum absolute atomic E-state index is 11.9. The van der Waals surface area contributed by atoms with E-state index in [4.69, 9.17) is 0 Å². The van der Waals surface area contributed by atoms with E-state index in [-0.39, 0.29) is 5.91 Å². The average molecular weight is 281 g/mol. The highest BCUT2D eigenvalue weighted by Crippen LogP contribution is 2.08. The monoisotopic (exact) mass is 281 g/mol. The van der Waals surface area contributed by atoms with Crippen molar-refractivity contribution < 1.29 is 4.79 Å². The van der Waals surface area contributed by atoms with Crippen molar-refractivity contribution in [3.05, 3.63) is 22.4 Å². The van der Waals surface area contributed by atoms with Crippen LogP contribution < -0.4 is 10.6 Å². The minimum Gasteiger partial charge on any atom is -0.355 e. The zero-order chi connectivity index (χ0) is 13.7. The molecule has 1 amide bonds. The Morgan fingerprint density at radius 1 is 1.58 bits per heavy atom. The van der Waals surface area contributed by atoms with E-state index >= 15 is 0 Å². The van der Waals surface area contributed by atoms with Gasteiger partial charge in [0.15, 0.2) is 0 Å². The molecule has 1 aliphatic rings. The second kappa shape index (κ2) is 7.03. The number of thiophene rings is 1. The van der Waals surface area contributed by atoms with E-state index < -0.39 is 0 Å². The third kappa shape index (κ3) is 4.60. The summed E-state index contributed by atoms with van der Waals surface area (Å²) in [7, 11) is 0. The van der Waals surface area contributed by atoms with Gasteiger partial charge >= 0.3 is 0 Å². The van der Waals surface area contributed by atoms with Crippen molar-refractivity contribution in [2.75, 3.05) is 26.2 Å². The van der Waals surface area contributed by atoms with E-state index in [0.717, 1.165) is 26.1 Å². The number of carbonyl (C=O) groups excluding carboxylic acids is 1. The molecule has 2 atom stereocenters. The molecule has 106 valence electrons. The molecule has 2 heterocycles. The molecule has 0 aromatic carbocycles. The summed E-state index contributed by atoms with van der Waals surface area (Å²) in [6, 6.07) is 5.05. The number of nitrogens with one attached hydrogen (secondary N) is 2. The van der Waals surface area contributed by atoms with E-state index in [9.17, 15) is 4.79 Å². The first kappa shape index (κ1) is 14.5. The first-order valence-electron chi connectivity index (χ1n) is 6.91. The molecule has 0 radical (unpaired) electrons. The lowest BCUT2D eigenvalue weighted by molar-refractivity contribution is -0.123. The highest BCUT2D eigenvalue weighted by atomic mass is 32.1. The molecule has 0 aliphatic carbocycles. The van der Waals surface area contributed by atoms with Crippen LogP contribution in [-0.2, 0) is 11.2 Å². The molecule has 5 heteroatoms. The van der Waals surface area contributed by atoms with Gasteiger partial charge in [-0.25, -0.2) is 0 Å². The van der Waals surface area contributed by atoms with Crippen molar-refractivity contribution in [3.63, 3.8) is 0 Å². The van der Waals surface area contributed by atoms with Gasteiger partial charge in [-0.1, -0.05) is 6.07 Å². The van der Waals surface area contributed by atoms with Crippen LogP contribution in [0.1, 0.15) is 18.7 Å². The fourth-order valence-electron chi connectivity index (χ4n) is 2.34. The minimum atomic E-state index is 0.137. The number of hydrogen-bond acceptors (Lipinski definition) is 4. The van der Waals surface area contributed by atoms with Crippen molar-refractivity contribution in [2.24, 2.45) is 0 Å².